The maximum Gasteiger partial charge on any atom is 0.0421 e. The molecule has 1 aromatic carbocycles. The molecule has 16 heavy (non-hydrogen) atoms. The van der Waals surface area contributed by atoms with E-state index in [2.05, 4.69) is 59.2 Å². The first-order valence-corrected chi connectivity index (χ1v) is 6.51. The van der Waals surface area contributed by atoms with Crippen molar-refractivity contribution in [2.75, 3.05) is 20.6 Å². The largest absolute Gasteiger partial charge is 0.330 e. The first kappa shape index (κ1) is 12.1. The highest BCUT2D eigenvalue weighted by Crippen LogP contribution is 2.56. The van der Waals surface area contributed by atoms with E-state index < -0.39 is 0 Å². The van der Waals surface area contributed by atoms with Gasteiger partial charge in [-0.2, -0.15) is 0 Å². The molecule has 88 valence electrons. The third-order valence-electron chi connectivity index (χ3n) is 3.60. The summed E-state index contributed by atoms with van der Waals surface area (Å²) in [5.41, 5.74) is 7.61. The van der Waals surface area contributed by atoms with Gasteiger partial charge in [-0.05, 0) is 45.1 Å². The van der Waals surface area contributed by atoms with E-state index in [-0.39, 0.29) is 0 Å². The Morgan fingerprint density at radius 1 is 1.38 bits per heavy atom. The molecule has 0 heterocycles. The molecule has 0 radical (unpaired) electrons. The van der Waals surface area contributed by atoms with Gasteiger partial charge >= 0.3 is 0 Å². The predicted octanol–water partition coefficient (Wildman–Crippen LogP) is 2.79. The zero-order chi connectivity index (χ0) is 11.8. The van der Waals surface area contributed by atoms with Crippen molar-refractivity contribution >= 4 is 15.9 Å². The van der Waals surface area contributed by atoms with E-state index >= 15 is 0 Å². The van der Waals surface area contributed by atoms with Crippen LogP contribution in [0.4, 0.5) is 0 Å². The van der Waals surface area contributed by atoms with Crippen molar-refractivity contribution in [1.29, 1.82) is 0 Å². The maximum atomic E-state index is 5.95. The fourth-order valence-electron chi connectivity index (χ4n) is 2.60. The highest BCUT2D eigenvalue weighted by atomic mass is 79.9. The highest BCUT2D eigenvalue weighted by molar-refractivity contribution is 9.10. The number of halogens is 1. The molecule has 0 amide bonds. The van der Waals surface area contributed by atoms with Gasteiger partial charge in [0.05, 0.1) is 0 Å². The summed E-state index contributed by atoms with van der Waals surface area (Å²) in [4.78, 5) is 2.29. The van der Waals surface area contributed by atoms with Crippen LogP contribution in [0, 0.1) is 5.41 Å². The van der Waals surface area contributed by atoms with Gasteiger partial charge < -0.3 is 10.6 Å². The van der Waals surface area contributed by atoms with Gasteiger partial charge in [-0.3, -0.25) is 0 Å². The molecule has 1 atom stereocenters. The molecule has 0 bridgehead atoms. The van der Waals surface area contributed by atoms with E-state index in [9.17, 15) is 0 Å². The SMILES string of the molecule is CN(C)C(c1ccccc1Br)C1(CN)CC1. The van der Waals surface area contributed by atoms with Crippen LogP contribution in [0.5, 0.6) is 0 Å². The van der Waals surface area contributed by atoms with Crippen molar-refractivity contribution in [3.05, 3.63) is 34.3 Å². The Morgan fingerprint density at radius 3 is 2.44 bits per heavy atom. The lowest BCUT2D eigenvalue weighted by Crippen LogP contribution is -2.33. The molecule has 1 aliphatic carbocycles. The van der Waals surface area contributed by atoms with Crippen LogP contribution in [0.2, 0.25) is 0 Å². The van der Waals surface area contributed by atoms with Crippen molar-refractivity contribution in [1.82, 2.24) is 4.90 Å². The molecular formula is C13H19BrN2. The van der Waals surface area contributed by atoms with Crippen molar-refractivity contribution in [3.8, 4) is 0 Å². The van der Waals surface area contributed by atoms with Crippen LogP contribution in [0.15, 0.2) is 28.7 Å². The summed E-state index contributed by atoms with van der Waals surface area (Å²) in [7, 11) is 4.28. The molecule has 2 N–H and O–H groups in total. The Bertz CT molecular complexity index is 372. The zero-order valence-corrected chi connectivity index (χ0v) is 11.5. The summed E-state index contributed by atoms with van der Waals surface area (Å²) in [6, 6.07) is 8.89. The average Bonchev–Trinajstić information content (AvgIpc) is 3.02. The third kappa shape index (κ3) is 2.04. The predicted molar refractivity (Wildman–Crippen MR) is 71.3 cm³/mol. The van der Waals surface area contributed by atoms with E-state index in [0.717, 1.165) is 6.54 Å². The van der Waals surface area contributed by atoms with E-state index in [4.69, 9.17) is 5.73 Å². The minimum atomic E-state index is 0.299. The van der Waals surface area contributed by atoms with Gasteiger partial charge in [0.2, 0.25) is 0 Å². The Hall–Kier alpha value is -0.380. The number of hydrogen-bond acceptors (Lipinski definition) is 2. The Balaban J connectivity index is 2.38. The molecule has 0 aliphatic heterocycles. The monoisotopic (exact) mass is 282 g/mol. The summed E-state index contributed by atoms with van der Waals surface area (Å²) >= 11 is 3.65. The van der Waals surface area contributed by atoms with Gasteiger partial charge in [-0.15, -0.1) is 0 Å². The van der Waals surface area contributed by atoms with Crippen molar-refractivity contribution in [3.63, 3.8) is 0 Å². The molecule has 0 aromatic heterocycles. The molecule has 2 rings (SSSR count). The van der Waals surface area contributed by atoms with Gasteiger partial charge in [0.25, 0.3) is 0 Å². The van der Waals surface area contributed by atoms with Crippen LogP contribution in [-0.2, 0) is 0 Å². The fourth-order valence-corrected chi connectivity index (χ4v) is 3.10. The second kappa shape index (κ2) is 4.47. The van der Waals surface area contributed by atoms with E-state index in [1.807, 2.05) is 0 Å². The maximum absolute atomic E-state index is 5.95. The van der Waals surface area contributed by atoms with Gasteiger partial charge in [-0.25, -0.2) is 0 Å². The average molecular weight is 283 g/mol. The third-order valence-corrected chi connectivity index (χ3v) is 4.32. The lowest BCUT2D eigenvalue weighted by Gasteiger charge is -2.33. The van der Waals surface area contributed by atoms with Crippen molar-refractivity contribution in [2.45, 2.75) is 18.9 Å². The highest BCUT2D eigenvalue weighted by Gasteiger charge is 2.50. The molecule has 0 spiro atoms. The first-order valence-electron chi connectivity index (χ1n) is 5.72. The Kier molecular flexibility index (Phi) is 3.38. The van der Waals surface area contributed by atoms with E-state index in [1.165, 1.54) is 22.9 Å². The van der Waals surface area contributed by atoms with Crippen LogP contribution in [-0.4, -0.2) is 25.5 Å². The van der Waals surface area contributed by atoms with Crippen molar-refractivity contribution < 1.29 is 0 Å². The molecule has 1 aliphatic rings. The zero-order valence-electron chi connectivity index (χ0n) is 9.91. The number of benzene rings is 1. The van der Waals surface area contributed by atoms with Crippen LogP contribution < -0.4 is 5.73 Å². The lowest BCUT2D eigenvalue weighted by molar-refractivity contribution is 0.198. The van der Waals surface area contributed by atoms with Gasteiger partial charge in [-0.1, -0.05) is 34.1 Å². The van der Waals surface area contributed by atoms with Gasteiger partial charge in [0, 0.05) is 15.9 Å². The molecule has 1 saturated carbocycles. The summed E-state index contributed by atoms with van der Waals surface area (Å²) in [5, 5.41) is 0. The number of rotatable bonds is 4. The smallest absolute Gasteiger partial charge is 0.0421 e. The lowest BCUT2D eigenvalue weighted by atomic mass is 9.89. The van der Waals surface area contributed by atoms with Crippen LogP contribution >= 0.6 is 15.9 Å². The number of hydrogen-bond donors (Lipinski definition) is 1. The van der Waals surface area contributed by atoms with Gasteiger partial charge in [0.1, 0.15) is 0 Å². The van der Waals surface area contributed by atoms with Crippen LogP contribution in [0.1, 0.15) is 24.4 Å². The molecule has 0 saturated heterocycles. The first-order chi connectivity index (χ1) is 7.60. The number of nitrogens with two attached hydrogens (primary N) is 1. The van der Waals surface area contributed by atoms with Crippen LogP contribution in [0.3, 0.4) is 0 Å². The summed E-state index contributed by atoms with van der Waals surface area (Å²) in [6.07, 6.45) is 2.49. The van der Waals surface area contributed by atoms with Crippen LogP contribution in [0.25, 0.3) is 0 Å². The molecular weight excluding hydrogens is 264 g/mol. The van der Waals surface area contributed by atoms with Gasteiger partial charge in [0.15, 0.2) is 0 Å². The van der Waals surface area contributed by atoms with E-state index in [0.29, 0.717) is 11.5 Å². The quantitative estimate of drug-likeness (QED) is 0.920. The molecule has 3 heteroatoms. The summed E-state index contributed by atoms with van der Waals surface area (Å²) < 4.78 is 1.19. The van der Waals surface area contributed by atoms with Crippen molar-refractivity contribution in [2.24, 2.45) is 11.1 Å². The Morgan fingerprint density at radius 2 is 2.00 bits per heavy atom. The minimum Gasteiger partial charge on any atom is -0.330 e. The molecule has 2 nitrogen and oxygen atoms in total. The Labute approximate surface area is 106 Å². The summed E-state index contributed by atoms with van der Waals surface area (Å²) in [5.74, 6) is 0. The fraction of sp³-hybridized carbons (Fsp3) is 0.538. The molecule has 1 unspecified atom stereocenters. The molecule has 1 aromatic rings. The summed E-state index contributed by atoms with van der Waals surface area (Å²) in [6.45, 7) is 0.775. The number of nitrogens with zero attached hydrogens (tertiary/aromatic N) is 1. The molecule has 1 fully saturated rings. The van der Waals surface area contributed by atoms with E-state index in [1.54, 1.807) is 0 Å². The topological polar surface area (TPSA) is 29.3 Å². The second-order valence-electron chi connectivity index (χ2n) is 4.95. The minimum absolute atomic E-state index is 0.299. The second-order valence-corrected chi connectivity index (χ2v) is 5.81. The standard InChI is InChI=1S/C13H19BrN2/c1-16(2)12(13(9-15)7-8-13)10-5-3-4-6-11(10)14/h3-6,12H,7-9,15H2,1-2H3. The normalized spacial score (nSPS) is 19.8.